The third-order valence-corrected chi connectivity index (χ3v) is 1.63. The smallest absolute Gasteiger partial charge is 0.446 e. The van der Waals surface area contributed by atoms with Gasteiger partial charge in [0.05, 0.1) is 0 Å². The van der Waals surface area contributed by atoms with Gasteiger partial charge in [-0.3, -0.25) is 9.35 Å². The molecule has 0 radical (unpaired) electrons. The zero-order valence-electron chi connectivity index (χ0n) is 7.82. The summed E-state index contributed by atoms with van der Waals surface area (Å²) < 4.78 is 32.9. The molecule has 1 rings (SSSR count). The van der Waals surface area contributed by atoms with Crippen LogP contribution in [-0.2, 0) is 15.2 Å². The highest BCUT2D eigenvalue weighted by molar-refractivity contribution is 7.81. The highest BCUT2D eigenvalue weighted by Crippen LogP contribution is 2.12. The molecule has 0 aliphatic heterocycles. The molecule has 0 aromatic heterocycles. The molecule has 0 amide bonds. The first-order valence-corrected chi connectivity index (χ1v) is 5.07. The van der Waals surface area contributed by atoms with Crippen molar-refractivity contribution in [3.05, 3.63) is 29.8 Å². The van der Waals surface area contributed by atoms with Crippen LogP contribution in [0.15, 0.2) is 24.3 Å². The molecule has 15 heavy (non-hydrogen) atoms. The third kappa shape index (κ3) is 7.47. The Morgan fingerprint density at radius 3 is 2.00 bits per heavy atom. The second-order valence-corrected chi connectivity index (χ2v) is 3.45. The second-order valence-electron chi connectivity index (χ2n) is 2.43. The van der Waals surface area contributed by atoms with Gasteiger partial charge in [0.2, 0.25) is 0 Å². The highest BCUT2D eigenvalue weighted by atomic mass is 32.3. The molecular formula is C8H10O6S. The molecule has 0 atom stereocenters. The van der Waals surface area contributed by atoms with Crippen molar-refractivity contribution in [2.24, 2.45) is 0 Å². The van der Waals surface area contributed by atoms with Gasteiger partial charge in [0.1, 0.15) is 5.75 Å². The molecule has 0 saturated carbocycles. The van der Waals surface area contributed by atoms with Gasteiger partial charge in [0.15, 0.2) is 0 Å². The van der Waals surface area contributed by atoms with E-state index in [1.54, 1.807) is 12.1 Å². The minimum absolute atomic E-state index is 0.100. The van der Waals surface area contributed by atoms with Gasteiger partial charge in [-0.25, -0.2) is 0 Å². The standard InChI is InChI=1S/C7H8O4S.CH2O2/c1-6-2-4-7(5-3-6)11-12(8,9)10;2-1-3/h2-5H,1H3,(H,8,9,10);1H,(H,2,3). The Labute approximate surface area is 87.1 Å². The summed E-state index contributed by atoms with van der Waals surface area (Å²) in [5, 5.41) is 6.89. The molecule has 1 aromatic carbocycles. The summed E-state index contributed by atoms with van der Waals surface area (Å²) in [5.74, 6) is 0.100. The molecule has 0 aliphatic carbocycles. The molecule has 0 unspecified atom stereocenters. The van der Waals surface area contributed by atoms with Crippen LogP contribution in [0.2, 0.25) is 0 Å². The molecule has 2 N–H and O–H groups in total. The monoisotopic (exact) mass is 234 g/mol. The summed E-state index contributed by atoms with van der Waals surface area (Å²) >= 11 is 0. The van der Waals surface area contributed by atoms with E-state index in [4.69, 9.17) is 14.5 Å². The molecular weight excluding hydrogens is 224 g/mol. The number of aryl methyl sites for hydroxylation is 1. The van der Waals surface area contributed by atoms with Crippen molar-refractivity contribution in [2.45, 2.75) is 6.92 Å². The predicted molar refractivity (Wildman–Crippen MR) is 52.0 cm³/mol. The van der Waals surface area contributed by atoms with Crippen LogP contribution in [0.5, 0.6) is 5.75 Å². The Kier molecular flexibility index (Phi) is 5.35. The van der Waals surface area contributed by atoms with Crippen LogP contribution in [-0.4, -0.2) is 24.5 Å². The molecule has 0 bridgehead atoms. The summed E-state index contributed by atoms with van der Waals surface area (Å²) in [6.07, 6.45) is 0. The topological polar surface area (TPSA) is 101 Å². The van der Waals surface area contributed by atoms with Gasteiger partial charge >= 0.3 is 10.4 Å². The van der Waals surface area contributed by atoms with E-state index in [1.165, 1.54) is 12.1 Å². The minimum atomic E-state index is -4.39. The van der Waals surface area contributed by atoms with Gasteiger partial charge < -0.3 is 9.29 Å². The number of rotatable bonds is 2. The van der Waals surface area contributed by atoms with Crippen LogP contribution >= 0.6 is 0 Å². The molecule has 0 saturated heterocycles. The number of carbonyl (C=O) groups is 1. The number of benzene rings is 1. The van der Waals surface area contributed by atoms with Gasteiger partial charge in [-0.2, -0.15) is 8.42 Å². The zero-order chi connectivity index (χ0) is 11.9. The van der Waals surface area contributed by atoms with Crippen LogP contribution in [0.1, 0.15) is 5.56 Å². The van der Waals surface area contributed by atoms with Crippen molar-refractivity contribution in [3.63, 3.8) is 0 Å². The Bertz CT molecular complexity index is 394. The normalized spacial score (nSPS) is 9.73. The Morgan fingerprint density at radius 2 is 1.67 bits per heavy atom. The van der Waals surface area contributed by atoms with E-state index in [2.05, 4.69) is 4.18 Å². The van der Waals surface area contributed by atoms with Crippen molar-refractivity contribution in [1.29, 1.82) is 0 Å². The average molecular weight is 234 g/mol. The average Bonchev–Trinajstić information content (AvgIpc) is 2.08. The fourth-order valence-electron chi connectivity index (χ4n) is 0.715. The Hall–Kier alpha value is -1.60. The van der Waals surface area contributed by atoms with E-state index in [0.717, 1.165) is 5.56 Å². The van der Waals surface area contributed by atoms with Gasteiger partial charge in [-0.15, -0.1) is 0 Å². The van der Waals surface area contributed by atoms with E-state index >= 15 is 0 Å². The predicted octanol–water partition coefficient (Wildman–Crippen LogP) is 0.877. The minimum Gasteiger partial charge on any atom is -0.483 e. The highest BCUT2D eigenvalue weighted by Gasteiger charge is 2.05. The summed E-state index contributed by atoms with van der Waals surface area (Å²) in [5.41, 5.74) is 0.984. The van der Waals surface area contributed by atoms with Gasteiger partial charge in [0.25, 0.3) is 6.47 Å². The van der Waals surface area contributed by atoms with E-state index in [-0.39, 0.29) is 12.2 Å². The lowest BCUT2D eigenvalue weighted by Gasteiger charge is -2.00. The fourth-order valence-corrected chi connectivity index (χ4v) is 1.07. The van der Waals surface area contributed by atoms with E-state index in [9.17, 15) is 8.42 Å². The van der Waals surface area contributed by atoms with Gasteiger partial charge in [-0.1, -0.05) is 17.7 Å². The van der Waals surface area contributed by atoms with Crippen LogP contribution in [0.25, 0.3) is 0 Å². The molecule has 6 nitrogen and oxygen atoms in total. The summed E-state index contributed by atoms with van der Waals surface area (Å²) in [6, 6.07) is 6.28. The SMILES string of the molecule is Cc1ccc(OS(=O)(=O)O)cc1.O=CO. The first kappa shape index (κ1) is 13.4. The van der Waals surface area contributed by atoms with Crippen LogP contribution in [0.3, 0.4) is 0 Å². The van der Waals surface area contributed by atoms with E-state index < -0.39 is 10.4 Å². The van der Waals surface area contributed by atoms with Crippen molar-refractivity contribution < 1.29 is 27.1 Å². The number of hydrogen-bond acceptors (Lipinski definition) is 4. The first-order valence-electron chi connectivity index (χ1n) is 3.70. The second kappa shape index (κ2) is 5.99. The zero-order valence-corrected chi connectivity index (χ0v) is 8.64. The van der Waals surface area contributed by atoms with Crippen LogP contribution in [0, 0.1) is 6.92 Å². The molecule has 1 aromatic rings. The van der Waals surface area contributed by atoms with Crippen molar-refractivity contribution >= 4 is 16.9 Å². The maximum atomic E-state index is 10.2. The summed E-state index contributed by atoms with van der Waals surface area (Å²) in [6.45, 7) is 1.61. The lowest BCUT2D eigenvalue weighted by Crippen LogP contribution is -2.06. The maximum absolute atomic E-state index is 10.2. The Balaban J connectivity index is 0.000000583. The molecule has 0 aliphatic rings. The first-order chi connectivity index (χ1) is 6.89. The largest absolute Gasteiger partial charge is 0.483 e. The maximum Gasteiger partial charge on any atom is 0.446 e. The molecule has 0 spiro atoms. The third-order valence-electron chi connectivity index (χ3n) is 1.22. The quantitative estimate of drug-likeness (QED) is 0.581. The Morgan fingerprint density at radius 1 is 1.27 bits per heavy atom. The molecule has 0 heterocycles. The van der Waals surface area contributed by atoms with Crippen molar-refractivity contribution in [1.82, 2.24) is 0 Å². The van der Waals surface area contributed by atoms with Gasteiger partial charge in [-0.05, 0) is 19.1 Å². The van der Waals surface area contributed by atoms with Gasteiger partial charge in [0, 0.05) is 0 Å². The number of carboxylic acid groups (broad SMARTS) is 1. The van der Waals surface area contributed by atoms with E-state index in [1.807, 2.05) is 6.92 Å². The summed E-state index contributed by atoms with van der Waals surface area (Å²) in [7, 11) is -4.39. The molecule has 0 fully saturated rings. The molecule has 84 valence electrons. The van der Waals surface area contributed by atoms with Crippen molar-refractivity contribution in [2.75, 3.05) is 0 Å². The summed E-state index contributed by atoms with van der Waals surface area (Å²) in [4.78, 5) is 8.36. The lowest BCUT2D eigenvalue weighted by atomic mass is 10.2. The fraction of sp³-hybridized carbons (Fsp3) is 0.125. The lowest BCUT2D eigenvalue weighted by molar-refractivity contribution is -0.122. The van der Waals surface area contributed by atoms with Crippen LogP contribution < -0.4 is 4.18 Å². The van der Waals surface area contributed by atoms with Crippen molar-refractivity contribution in [3.8, 4) is 5.75 Å². The van der Waals surface area contributed by atoms with Crippen LogP contribution in [0.4, 0.5) is 0 Å². The molecule has 7 heteroatoms. The number of hydrogen-bond donors (Lipinski definition) is 2. The van der Waals surface area contributed by atoms with E-state index in [0.29, 0.717) is 0 Å².